The molecule has 3 aliphatic rings. The average Bonchev–Trinajstić information content (AvgIpc) is 3.30. The van der Waals surface area contributed by atoms with Crippen LogP contribution in [0.25, 0.3) is 32.2 Å². The first-order valence-electron chi connectivity index (χ1n) is 16.6. The molecule has 2 aliphatic heterocycles. The first kappa shape index (κ1) is 32.6. The predicted molar refractivity (Wildman–Crippen MR) is 193 cm³/mol. The zero-order valence-corrected chi connectivity index (χ0v) is 30.0. The van der Waals surface area contributed by atoms with E-state index in [1.54, 1.807) is 49.0 Å². The second-order valence-corrected chi connectivity index (χ2v) is 16.3. The highest BCUT2D eigenvalue weighted by molar-refractivity contribution is 7.18. The number of ether oxygens (including phenoxy) is 1. The quantitative estimate of drug-likeness (QED) is 0.197. The minimum absolute atomic E-state index is 0.126. The standard InChI is InChI=1S/C37H36ClN7O4S/c1-20-42-26-14-41-31(43-16-37(17-43)18-44(19-37)34-35(2,3)36(34,4)5)24(13-39)28(26)32(46)45(20)10-11-49-27-7-6-21(38)12-23(27)22-8-9-40-29-25(33(47)48)15-50-30(22)29/h6-9,12,14-15,34H,10-11,16-19H2,1-5H3,(H,47,48). The van der Waals surface area contributed by atoms with Gasteiger partial charge < -0.3 is 14.7 Å². The number of fused-ring (bicyclic) bond motifs is 2. The van der Waals surface area contributed by atoms with Gasteiger partial charge in [0.1, 0.15) is 35.6 Å². The van der Waals surface area contributed by atoms with Crippen molar-refractivity contribution in [1.82, 2.24) is 24.4 Å². The third-order valence-electron chi connectivity index (χ3n) is 11.5. The van der Waals surface area contributed by atoms with Crippen LogP contribution in [0.3, 0.4) is 0 Å². The Morgan fingerprint density at radius 3 is 2.54 bits per heavy atom. The molecule has 1 aliphatic carbocycles. The summed E-state index contributed by atoms with van der Waals surface area (Å²) in [5.74, 6) is 0.498. The van der Waals surface area contributed by atoms with Crippen LogP contribution in [0.2, 0.25) is 5.02 Å². The molecule has 11 nitrogen and oxygen atoms in total. The molecule has 0 atom stereocenters. The monoisotopic (exact) mass is 709 g/mol. The first-order valence-corrected chi connectivity index (χ1v) is 17.8. The molecule has 5 aromatic rings. The van der Waals surface area contributed by atoms with Gasteiger partial charge in [-0.2, -0.15) is 5.26 Å². The lowest BCUT2D eigenvalue weighted by molar-refractivity contribution is -0.0386. The molecule has 2 saturated heterocycles. The largest absolute Gasteiger partial charge is 0.491 e. The lowest BCUT2D eigenvalue weighted by atomic mass is 9.72. The number of thiophene rings is 1. The van der Waals surface area contributed by atoms with Gasteiger partial charge in [-0.15, -0.1) is 11.3 Å². The second-order valence-electron chi connectivity index (χ2n) is 15.0. The molecule has 8 rings (SSSR count). The number of hydrogen-bond donors (Lipinski definition) is 1. The number of nitrogens with zero attached hydrogens (tertiary/aromatic N) is 7. The Morgan fingerprint density at radius 2 is 1.86 bits per heavy atom. The Hall–Kier alpha value is -4.57. The van der Waals surface area contributed by atoms with Crippen LogP contribution in [-0.4, -0.2) is 74.3 Å². The van der Waals surface area contributed by atoms with Crippen LogP contribution in [0, 0.1) is 34.5 Å². The van der Waals surface area contributed by atoms with Crippen molar-refractivity contribution in [2.24, 2.45) is 16.2 Å². The number of hydrogen-bond acceptors (Lipinski definition) is 10. The normalized spacial score (nSPS) is 18.9. The van der Waals surface area contributed by atoms with E-state index in [1.807, 2.05) is 0 Å². The molecule has 1 aromatic carbocycles. The van der Waals surface area contributed by atoms with E-state index >= 15 is 0 Å². The number of nitriles is 1. The number of likely N-dealkylation sites (tertiary alicyclic amines) is 1. The van der Waals surface area contributed by atoms with E-state index in [9.17, 15) is 20.0 Å². The van der Waals surface area contributed by atoms with Crippen molar-refractivity contribution in [3.8, 4) is 22.9 Å². The van der Waals surface area contributed by atoms with Gasteiger partial charge in [-0.05, 0) is 42.0 Å². The van der Waals surface area contributed by atoms with Gasteiger partial charge in [-0.25, -0.2) is 14.8 Å². The highest BCUT2D eigenvalue weighted by Gasteiger charge is 2.70. The fourth-order valence-corrected chi connectivity index (χ4v) is 9.69. The lowest BCUT2D eigenvalue weighted by Crippen LogP contribution is -2.73. The zero-order valence-electron chi connectivity index (χ0n) is 28.5. The third kappa shape index (κ3) is 4.81. The fourth-order valence-electron chi connectivity index (χ4n) is 8.49. The molecule has 50 heavy (non-hydrogen) atoms. The van der Waals surface area contributed by atoms with Gasteiger partial charge in [-0.3, -0.25) is 19.2 Å². The molecule has 256 valence electrons. The smallest absolute Gasteiger partial charge is 0.338 e. The van der Waals surface area contributed by atoms with Crippen molar-refractivity contribution < 1.29 is 14.6 Å². The Balaban J connectivity index is 1.03. The number of pyridine rings is 2. The molecule has 1 spiro atoms. The molecule has 13 heteroatoms. The van der Waals surface area contributed by atoms with Crippen LogP contribution in [0.4, 0.5) is 5.82 Å². The van der Waals surface area contributed by atoms with Crippen LogP contribution in [0.1, 0.15) is 49.4 Å². The predicted octanol–water partition coefficient (Wildman–Crippen LogP) is 6.24. The van der Waals surface area contributed by atoms with Gasteiger partial charge in [0.25, 0.3) is 5.56 Å². The van der Waals surface area contributed by atoms with Crippen molar-refractivity contribution in [2.45, 2.75) is 47.2 Å². The zero-order chi connectivity index (χ0) is 35.3. The van der Waals surface area contributed by atoms with E-state index in [2.05, 4.69) is 58.5 Å². The number of aryl methyl sites for hydroxylation is 1. The number of rotatable bonds is 8. The van der Waals surface area contributed by atoms with Gasteiger partial charge >= 0.3 is 5.97 Å². The summed E-state index contributed by atoms with van der Waals surface area (Å²) in [5.41, 5.74) is 3.10. The summed E-state index contributed by atoms with van der Waals surface area (Å²) < 4.78 is 8.49. The number of carbonyl (C=O) groups is 1. The minimum Gasteiger partial charge on any atom is -0.491 e. The molecule has 1 saturated carbocycles. The van der Waals surface area contributed by atoms with E-state index in [4.69, 9.17) is 16.3 Å². The summed E-state index contributed by atoms with van der Waals surface area (Å²) in [5, 5.41) is 22.3. The number of aromatic carboxylic acids is 1. The van der Waals surface area contributed by atoms with E-state index < -0.39 is 5.97 Å². The van der Waals surface area contributed by atoms with Crippen LogP contribution in [-0.2, 0) is 6.54 Å². The van der Waals surface area contributed by atoms with Crippen molar-refractivity contribution in [3.63, 3.8) is 0 Å². The highest BCUT2D eigenvalue weighted by atomic mass is 35.5. The van der Waals surface area contributed by atoms with Crippen LogP contribution >= 0.6 is 22.9 Å². The van der Waals surface area contributed by atoms with Gasteiger partial charge in [0.05, 0.1) is 39.4 Å². The molecular formula is C37H36ClN7O4S. The topological polar surface area (TPSA) is 137 Å². The average molecular weight is 710 g/mol. The SMILES string of the molecule is Cc1nc2cnc(N3CC4(C3)CN(C3C(C)(C)C3(C)C)C4)c(C#N)c2c(=O)n1CCOc1ccc(Cl)cc1-c1ccnc2c(C(=O)O)csc12. The molecule has 4 aromatic heterocycles. The van der Waals surface area contributed by atoms with E-state index in [1.165, 1.54) is 15.9 Å². The first-order chi connectivity index (χ1) is 23.8. The Bertz CT molecular complexity index is 2330. The maximum atomic E-state index is 14.0. The van der Waals surface area contributed by atoms with E-state index in [0.717, 1.165) is 31.7 Å². The highest BCUT2D eigenvalue weighted by Crippen LogP contribution is 2.67. The van der Waals surface area contributed by atoms with Gasteiger partial charge in [0.15, 0.2) is 0 Å². The van der Waals surface area contributed by atoms with E-state index in [-0.39, 0.29) is 40.6 Å². The summed E-state index contributed by atoms with van der Waals surface area (Å²) in [4.78, 5) is 44.1. The maximum Gasteiger partial charge on any atom is 0.338 e. The summed E-state index contributed by atoms with van der Waals surface area (Å²) in [6, 6.07) is 9.91. The number of halogens is 1. The Labute approximate surface area is 297 Å². The van der Waals surface area contributed by atoms with Gasteiger partial charge in [0, 0.05) is 65.4 Å². The maximum absolute atomic E-state index is 14.0. The Kier molecular flexibility index (Phi) is 7.32. The molecule has 0 bridgehead atoms. The minimum atomic E-state index is -1.04. The van der Waals surface area contributed by atoms with Crippen LogP contribution in [0.5, 0.6) is 5.75 Å². The molecule has 0 amide bonds. The number of carboxylic acid groups (broad SMARTS) is 1. The van der Waals surface area contributed by atoms with Crippen molar-refractivity contribution in [3.05, 3.63) is 74.4 Å². The number of anilines is 1. The van der Waals surface area contributed by atoms with Crippen molar-refractivity contribution >= 4 is 55.8 Å². The van der Waals surface area contributed by atoms with Gasteiger partial charge in [-0.1, -0.05) is 39.3 Å². The summed E-state index contributed by atoms with van der Waals surface area (Å²) in [7, 11) is 0. The lowest BCUT2D eigenvalue weighted by Gasteiger charge is -2.61. The third-order valence-corrected chi connectivity index (χ3v) is 12.7. The summed E-state index contributed by atoms with van der Waals surface area (Å²) in [6.45, 7) is 15.2. The molecule has 0 unspecified atom stereocenters. The van der Waals surface area contributed by atoms with E-state index in [0.29, 0.717) is 60.6 Å². The summed E-state index contributed by atoms with van der Waals surface area (Å²) >= 11 is 7.69. The van der Waals surface area contributed by atoms with Gasteiger partial charge in [0.2, 0.25) is 0 Å². The van der Waals surface area contributed by atoms with Crippen LogP contribution in [0.15, 0.2) is 46.8 Å². The molecule has 0 radical (unpaired) electrons. The molecule has 3 fully saturated rings. The second kappa shape index (κ2) is 11.2. The van der Waals surface area contributed by atoms with Crippen LogP contribution < -0.4 is 15.2 Å². The van der Waals surface area contributed by atoms with Crippen molar-refractivity contribution in [1.29, 1.82) is 5.26 Å². The fraction of sp³-hybridized carbons (Fsp3) is 0.405. The number of benzene rings is 1. The molecule has 1 N–H and O–H groups in total. The molecule has 6 heterocycles. The summed E-state index contributed by atoms with van der Waals surface area (Å²) in [6.07, 6.45) is 3.17. The Morgan fingerprint density at radius 1 is 1.12 bits per heavy atom. The van der Waals surface area contributed by atoms with Crippen molar-refractivity contribution in [2.75, 3.05) is 37.7 Å². The number of aromatic nitrogens is 4. The number of carboxylic acids is 1. The molecular weight excluding hydrogens is 674 g/mol.